The summed E-state index contributed by atoms with van der Waals surface area (Å²) < 4.78 is 27.5. The van der Waals surface area contributed by atoms with Crippen LogP contribution >= 0.6 is 0 Å². The first-order chi connectivity index (χ1) is 19.0. The van der Waals surface area contributed by atoms with Crippen LogP contribution < -0.4 is 14.8 Å². The van der Waals surface area contributed by atoms with Crippen molar-refractivity contribution >= 4 is 11.7 Å². The molecule has 1 aliphatic carbocycles. The lowest BCUT2D eigenvalue weighted by Crippen LogP contribution is -2.48. The number of carbonyl (C=O) groups excluding carboxylic acids is 2. The van der Waals surface area contributed by atoms with Crippen LogP contribution in [0.3, 0.4) is 0 Å². The topological polar surface area (TPSA) is 106 Å². The number of carbonyl (C=O) groups is 2. The molecule has 2 aromatic carbocycles. The number of rotatable bonds is 9. The van der Waals surface area contributed by atoms with Gasteiger partial charge in [-0.3, -0.25) is 14.3 Å². The Bertz CT molecular complexity index is 1360. The number of halogens is 1. The molecule has 2 aliphatic heterocycles. The van der Waals surface area contributed by atoms with Crippen LogP contribution in [0.1, 0.15) is 53.8 Å². The first-order valence-corrected chi connectivity index (χ1v) is 13.5. The monoisotopic (exact) mass is 534 g/mol. The number of ether oxygens (including phenoxy) is 2. The molecular weight excluding hydrogens is 503 g/mol. The summed E-state index contributed by atoms with van der Waals surface area (Å²) in [5, 5.41) is 18.6. The number of aliphatic hydroxyl groups is 1. The molecule has 3 heterocycles. The summed E-state index contributed by atoms with van der Waals surface area (Å²) in [4.78, 5) is 28.2. The van der Waals surface area contributed by atoms with Crippen molar-refractivity contribution in [2.24, 2.45) is 0 Å². The lowest BCUT2D eigenvalue weighted by Gasteiger charge is -2.29. The Hall–Kier alpha value is -3.76. The summed E-state index contributed by atoms with van der Waals surface area (Å²) in [7, 11) is 0. The van der Waals surface area contributed by atoms with Gasteiger partial charge < -0.3 is 24.8 Å². The highest BCUT2D eigenvalue weighted by Crippen LogP contribution is 2.37. The van der Waals surface area contributed by atoms with Crippen molar-refractivity contribution in [2.75, 3.05) is 32.8 Å². The summed E-state index contributed by atoms with van der Waals surface area (Å²) in [5.41, 5.74) is 2.14. The average Bonchev–Trinajstić information content (AvgIpc) is 3.45. The molecule has 0 bridgehead atoms. The fourth-order valence-electron chi connectivity index (χ4n) is 5.19. The number of hydrogen-bond donors (Lipinski definition) is 2. The molecule has 1 amide bonds. The molecule has 3 aromatic rings. The number of amides is 1. The van der Waals surface area contributed by atoms with Crippen LogP contribution in [0, 0.1) is 5.82 Å². The van der Waals surface area contributed by atoms with Gasteiger partial charge in [-0.05, 0) is 62.5 Å². The zero-order valence-electron chi connectivity index (χ0n) is 21.5. The number of benzene rings is 2. The predicted octanol–water partition coefficient (Wildman–Crippen LogP) is 3.29. The van der Waals surface area contributed by atoms with Crippen LogP contribution in [-0.2, 0) is 4.79 Å². The van der Waals surface area contributed by atoms with Crippen molar-refractivity contribution < 1.29 is 28.6 Å². The van der Waals surface area contributed by atoms with Crippen LogP contribution in [-0.4, -0.2) is 70.4 Å². The predicted molar refractivity (Wildman–Crippen MR) is 140 cm³/mol. The van der Waals surface area contributed by atoms with E-state index in [1.54, 1.807) is 24.3 Å². The molecule has 204 valence electrons. The van der Waals surface area contributed by atoms with Crippen LogP contribution in [0.5, 0.6) is 11.5 Å². The number of Topliss-reactive ketones (excluding diaryl/α,β-unsaturated/α-hetero) is 1. The van der Waals surface area contributed by atoms with E-state index in [1.807, 2.05) is 16.9 Å². The van der Waals surface area contributed by atoms with Gasteiger partial charge in [0.25, 0.3) is 5.91 Å². The van der Waals surface area contributed by atoms with Crippen LogP contribution in [0.4, 0.5) is 4.39 Å². The number of nitrogens with one attached hydrogen (secondary N) is 1. The Morgan fingerprint density at radius 2 is 1.82 bits per heavy atom. The molecule has 0 radical (unpaired) electrons. The zero-order valence-corrected chi connectivity index (χ0v) is 21.5. The maximum atomic E-state index is 14.7. The van der Waals surface area contributed by atoms with Crippen molar-refractivity contribution in [2.45, 2.75) is 43.9 Å². The quantitative estimate of drug-likeness (QED) is 0.321. The SMILES string of the molecule is O=C(NC(CN1CCCC1)C(O)c1cc(F)c2c(c1)OCCO2)C(=O)c1ccc(-c2ccn(C3CC3)n2)cc1. The lowest BCUT2D eigenvalue weighted by molar-refractivity contribution is -0.118. The van der Waals surface area contributed by atoms with Gasteiger partial charge in [-0.25, -0.2) is 4.39 Å². The van der Waals surface area contributed by atoms with Gasteiger partial charge in [-0.15, -0.1) is 0 Å². The Balaban J connectivity index is 1.18. The van der Waals surface area contributed by atoms with Crippen molar-refractivity contribution in [1.29, 1.82) is 0 Å². The Morgan fingerprint density at radius 3 is 2.56 bits per heavy atom. The van der Waals surface area contributed by atoms with Crippen molar-refractivity contribution in [3.63, 3.8) is 0 Å². The van der Waals surface area contributed by atoms with E-state index in [1.165, 1.54) is 12.1 Å². The minimum Gasteiger partial charge on any atom is -0.486 e. The first kappa shape index (κ1) is 25.5. The molecule has 2 unspecified atom stereocenters. The Morgan fingerprint density at radius 1 is 1.08 bits per heavy atom. The Kier molecular flexibility index (Phi) is 7.05. The van der Waals surface area contributed by atoms with E-state index in [4.69, 9.17) is 9.47 Å². The number of aromatic nitrogens is 2. The molecule has 1 saturated carbocycles. The maximum Gasteiger partial charge on any atom is 0.292 e. The second-order valence-corrected chi connectivity index (χ2v) is 10.4. The molecule has 10 heteroatoms. The van der Waals surface area contributed by atoms with Gasteiger partial charge in [0.15, 0.2) is 17.3 Å². The number of aliphatic hydroxyl groups excluding tert-OH is 1. The largest absolute Gasteiger partial charge is 0.486 e. The van der Waals surface area contributed by atoms with Gasteiger partial charge in [-0.1, -0.05) is 24.3 Å². The van der Waals surface area contributed by atoms with Crippen LogP contribution in [0.2, 0.25) is 0 Å². The number of fused-ring (bicyclic) bond motifs is 1. The molecule has 3 aliphatic rings. The third kappa shape index (κ3) is 5.53. The maximum absolute atomic E-state index is 14.7. The molecule has 9 nitrogen and oxygen atoms in total. The number of likely N-dealkylation sites (tertiary alicyclic amines) is 1. The van der Waals surface area contributed by atoms with E-state index in [-0.39, 0.29) is 35.8 Å². The molecule has 2 atom stereocenters. The fraction of sp³-hybridized carbons (Fsp3) is 0.414. The standard InChI is InChI=1S/C29H31FN4O5/c30-22-15-20(16-25-28(22)39-14-13-38-25)26(35)24(17-33-10-1-2-11-33)31-29(37)27(36)19-5-3-18(4-6-19)23-9-12-34(32-23)21-7-8-21/h3-6,9,12,15-16,21,24,26,35H,1-2,7-8,10-11,13-14,17H2,(H,31,37). The summed E-state index contributed by atoms with van der Waals surface area (Å²) in [6.45, 7) is 2.47. The molecule has 1 aromatic heterocycles. The minimum atomic E-state index is -1.27. The van der Waals surface area contributed by atoms with E-state index in [9.17, 15) is 19.1 Å². The van der Waals surface area contributed by atoms with Crippen molar-refractivity contribution in [3.8, 4) is 22.8 Å². The highest BCUT2D eigenvalue weighted by Gasteiger charge is 2.31. The molecule has 39 heavy (non-hydrogen) atoms. The summed E-state index contributed by atoms with van der Waals surface area (Å²) in [6.07, 6.45) is 5.00. The molecule has 6 rings (SSSR count). The smallest absolute Gasteiger partial charge is 0.292 e. The first-order valence-electron chi connectivity index (χ1n) is 13.5. The van der Waals surface area contributed by atoms with Crippen LogP contribution in [0.15, 0.2) is 48.7 Å². The highest BCUT2D eigenvalue weighted by atomic mass is 19.1. The van der Waals surface area contributed by atoms with E-state index in [2.05, 4.69) is 15.3 Å². The fourth-order valence-corrected chi connectivity index (χ4v) is 5.19. The lowest BCUT2D eigenvalue weighted by atomic mass is 9.99. The minimum absolute atomic E-state index is 0.00950. The normalized spacial score (nSPS) is 18.5. The van der Waals surface area contributed by atoms with Gasteiger partial charge >= 0.3 is 0 Å². The highest BCUT2D eigenvalue weighted by molar-refractivity contribution is 6.42. The third-order valence-corrected chi connectivity index (χ3v) is 7.49. The number of ketones is 1. The summed E-state index contributed by atoms with van der Waals surface area (Å²) in [6, 6.07) is 11.0. The van der Waals surface area contributed by atoms with E-state index in [0.29, 0.717) is 12.6 Å². The van der Waals surface area contributed by atoms with Crippen LogP contribution in [0.25, 0.3) is 11.3 Å². The second-order valence-electron chi connectivity index (χ2n) is 10.4. The average molecular weight is 535 g/mol. The molecular formula is C29H31FN4O5. The van der Waals surface area contributed by atoms with Gasteiger partial charge in [0.1, 0.15) is 19.3 Å². The Labute approximate surface area is 225 Å². The molecule has 1 saturated heterocycles. The molecule has 2 N–H and O–H groups in total. The summed E-state index contributed by atoms with van der Waals surface area (Å²) in [5.74, 6) is -1.97. The number of nitrogens with zero attached hydrogens (tertiary/aromatic N) is 3. The van der Waals surface area contributed by atoms with Gasteiger partial charge in [-0.2, -0.15) is 5.10 Å². The third-order valence-electron chi connectivity index (χ3n) is 7.49. The van der Waals surface area contributed by atoms with E-state index >= 15 is 0 Å². The van der Waals surface area contributed by atoms with Gasteiger partial charge in [0.05, 0.1) is 17.8 Å². The summed E-state index contributed by atoms with van der Waals surface area (Å²) >= 11 is 0. The van der Waals surface area contributed by atoms with Crippen molar-refractivity contribution in [3.05, 3.63) is 65.6 Å². The number of hydrogen-bond acceptors (Lipinski definition) is 7. The van der Waals surface area contributed by atoms with Gasteiger partial charge in [0, 0.05) is 23.9 Å². The molecule has 0 spiro atoms. The van der Waals surface area contributed by atoms with Gasteiger partial charge in [0.2, 0.25) is 5.78 Å². The van der Waals surface area contributed by atoms with E-state index in [0.717, 1.165) is 50.0 Å². The zero-order chi connectivity index (χ0) is 26.9. The second kappa shape index (κ2) is 10.8. The molecule has 2 fully saturated rings. The van der Waals surface area contributed by atoms with Crippen molar-refractivity contribution in [1.82, 2.24) is 20.0 Å². The van der Waals surface area contributed by atoms with E-state index < -0.39 is 29.7 Å².